The molecule has 1 atom stereocenters. The summed E-state index contributed by atoms with van der Waals surface area (Å²) in [6, 6.07) is 13.6. The van der Waals surface area contributed by atoms with Crippen LogP contribution < -0.4 is 26.9 Å². The number of nitrogens with two attached hydrogens (primary N) is 2. The van der Waals surface area contributed by atoms with Crippen molar-refractivity contribution in [2.75, 3.05) is 24.8 Å². The van der Waals surface area contributed by atoms with Crippen molar-refractivity contribution in [3.05, 3.63) is 59.5 Å². The van der Waals surface area contributed by atoms with Gasteiger partial charge in [-0.05, 0) is 46.3 Å². The first kappa shape index (κ1) is 27.2. The Hall–Kier alpha value is -3.87. The number of anilines is 4. The van der Waals surface area contributed by atoms with Crippen molar-refractivity contribution in [2.24, 2.45) is 16.7 Å². The summed E-state index contributed by atoms with van der Waals surface area (Å²) in [4.78, 5) is 12.9. The number of ether oxygens (including phenoxy) is 1. The van der Waals surface area contributed by atoms with E-state index >= 15 is 0 Å². The van der Waals surface area contributed by atoms with Crippen LogP contribution in [0.15, 0.2) is 47.6 Å². The third-order valence-electron chi connectivity index (χ3n) is 5.07. The van der Waals surface area contributed by atoms with Gasteiger partial charge in [-0.1, -0.05) is 12.1 Å². The van der Waals surface area contributed by atoms with Crippen molar-refractivity contribution in [3.63, 3.8) is 0 Å². The molecule has 0 radical (unpaired) electrons. The third-order valence-corrected chi connectivity index (χ3v) is 7.13. The topological polar surface area (TPSA) is 168 Å². The number of pyridine rings is 2. The number of para-hydroxylation sites is 1. The lowest BCUT2D eigenvalue weighted by molar-refractivity contribution is 0.140. The number of rotatable bonds is 9. The van der Waals surface area contributed by atoms with Crippen molar-refractivity contribution in [1.82, 2.24) is 24.4 Å². The molecule has 0 saturated heterocycles. The first-order valence-corrected chi connectivity index (χ1v) is 14.8. The van der Waals surface area contributed by atoms with Crippen LogP contribution in [0.5, 0.6) is 5.75 Å². The summed E-state index contributed by atoms with van der Waals surface area (Å²) >= 11 is 2.00. The lowest BCUT2D eigenvalue weighted by Gasteiger charge is -2.16. The minimum absolute atomic E-state index is 0.0900. The van der Waals surface area contributed by atoms with E-state index in [1.165, 1.54) is 18.5 Å². The van der Waals surface area contributed by atoms with Crippen LogP contribution in [0.1, 0.15) is 23.5 Å². The Morgan fingerprint density at radius 3 is 2.61 bits per heavy atom. The van der Waals surface area contributed by atoms with E-state index in [9.17, 15) is 14.0 Å². The highest BCUT2D eigenvalue weighted by atomic mass is 127. The molecule has 38 heavy (non-hydrogen) atoms. The summed E-state index contributed by atoms with van der Waals surface area (Å²) in [5, 5.41) is 20.5. The standard InChI is InChI=1S/C22H21F2IN11OP/c1-35(28)34-20(27)12-6-4-7-13(18(12)37-2)30-14-9-16(31-15-8-3-5-11(10-26)29-15)32-21-17(14)33-22(19(23)24)36(21)38-25/h3-9,19,38H,28H2,1-2H3,(H2,27,34)(H2,29,30,31,32). The molecule has 0 aliphatic rings. The Balaban J connectivity index is 1.88. The number of aromatic nitrogens is 4. The number of nitriles is 1. The fourth-order valence-electron chi connectivity index (χ4n) is 3.58. The van der Waals surface area contributed by atoms with Crippen molar-refractivity contribution in [3.8, 4) is 11.8 Å². The van der Waals surface area contributed by atoms with Crippen LogP contribution in [-0.4, -0.2) is 44.4 Å². The van der Waals surface area contributed by atoms with Crippen LogP contribution >= 0.6 is 28.4 Å². The van der Waals surface area contributed by atoms with Gasteiger partial charge in [-0.2, -0.15) is 5.26 Å². The van der Waals surface area contributed by atoms with E-state index in [0.717, 1.165) is 5.12 Å². The fraction of sp³-hybridized carbons (Fsp3) is 0.136. The fourth-order valence-corrected chi connectivity index (χ4v) is 5.47. The molecule has 196 valence electrons. The quantitative estimate of drug-likeness (QED) is 0.0510. The van der Waals surface area contributed by atoms with Gasteiger partial charge in [-0.3, -0.25) is 4.34 Å². The Morgan fingerprint density at radius 2 is 1.95 bits per heavy atom. The zero-order valence-corrected chi connectivity index (χ0v) is 23.1. The average Bonchev–Trinajstić information content (AvgIpc) is 3.27. The van der Waals surface area contributed by atoms with Crippen LogP contribution in [0.4, 0.5) is 31.8 Å². The van der Waals surface area contributed by atoms with E-state index in [1.54, 1.807) is 42.5 Å². The number of methoxy groups -OCH3 is 1. The number of amidine groups is 1. The maximum absolute atomic E-state index is 13.9. The number of nitrogens with zero attached hydrogens (tertiary/aromatic N) is 7. The number of hydrazone groups is 1. The van der Waals surface area contributed by atoms with Gasteiger partial charge in [0.2, 0.25) is 0 Å². The highest BCUT2D eigenvalue weighted by Gasteiger charge is 2.23. The maximum atomic E-state index is 13.9. The largest absolute Gasteiger partial charge is 0.494 e. The van der Waals surface area contributed by atoms with Gasteiger partial charge >= 0.3 is 0 Å². The number of hydrazine groups is 1. The number of hydrogen-bond acceptors (Lipinski definition) is 10. The minimum atomic E-state index is -2.81. The van der Waals surface area contributed by atoms with Gasteiger partial charge in [-0.15, -0.1) is 5.10 Å². The number of imidazole rings is 1. The first-order chi connectivity index (χ1) is 18.2. The summed E-state index contributed by atoms with van der Waals surface area (Å²) in [5.74, 6) is 6.29. The van der Waals surface area contributed by atoms with E-state index in [0.29, 0.717) is 34.3 Å². The lowest BCUT2D eigenvalue weighted by atomic mass is 10.1. The maximum Gasteiger partial charge on any atom is 0.295 e. The van der Waals surface area contributed by atoms with Crippen molar-refractivity contribution >= 4 is 68.4 Å². The van der Waals surface area contributed by atoms with Gasteiger partial charge in [0.05, 0.1) is 30.4 Å². The van der Waals surface area contributed by atoms with Gasteiger partial charge < -0.3 is 21.1 Å². The number of hydrogen-bond donors (Lipinski definition) is 4. The van der Waals surface area contributed by atoms with Crippen molar-refractivity contribution in [1.29, 1.82) is 5.26 Å². The molecule has 0 aliphatic carbocycles. The van der Waals surface area contributed by atoms with Crippen LogP contribution in [0.2, 0.25) is 0 Å². The van der Waals surface area contributed by atoms with Gasteiger partial charge in [0.1, 0.15) is 28.9 Å². The van der Waals surface area contributed by atoms with E-state index in [-0.39, 0.29) is 29.1 Å². The molecule has 1 aromatic carbocycles. The molecular weight excluding hydrogens is 630 g/mol. The Morgan fingerprint density at radius 1 is 1.18 bits per heavy atom. The number of benzene rings is 1. The van der Waals surface area contributed by atoms with Crippen LogP contribution in [-0.2, 0) is 0 Å². The normalized spacial score (nSPS) is 11.8. The highest BCUT2D eigenvalue weighted by molar-refractivity contribution is 14.2. The lowest BCUT2D eigenvalue weighted by Crippen LogP contribution is -2.26. The molecule has 0 saturated carbocycles. The minimum Gasteiger partial charge on any atom is -0.494 e. The number of nitrogens with one attached hydrogen (secondary N) is 2. The number of halogens is 3. The second-order valence-corrected chi connectivity index (χ2v) is 9.70. The predicted octanol–water partition coefficient (Wildman–Crippen LogP) is 4.35. The summed E-state index contributed by atoms with van der Waals surface area (Å²) in [6.07, 6.45) is -2.90. The molecule has 6 N–H and O–H groups in total. The Bertz CT molecular complexity index is 1550. The molecule has 0 bridgehead atoms. The molecular formula is C22H21F2IN11OP. The van der Waals surface area contributed by atoms with E-state index in [1.807, 2.05) is 28.1 Å². The Kier molecular flexibility index (Phi) is 8.35. The summed E-state index contributed by atoms with van der Waals surface area (Å²) in [7, 11) is 2.99. The molecule has 1 unspecified atom stereocenters. The van der Waals surface area contributed by atoms with Gasteiger partial charge in [0.15, 0.2) is 23.1 Å². The molecule has 3 heterocycles. The molecule has 0 aliphatic heterocycles. The molecule has 3 aromatic heterocycles. The summed E-state index contributed by atoms with van der Waals surface area (Å²) < 4.78 is 34.7. The van der Waals surface area contributed by atoms with E-state index in [2.05, 4.69) is 30.7 Å². The summed E-state index contributed by atoms with van der Waals surface area (Å²) in [6.45, 7) is 0. The van der Waals surface area contributed by atoms with Crippen LogP contribution in [0.25, 0.3) is 11.2 Å². The van der Waals surface area contributed by atoms with Crippen molar-refractivity contribution < 1.29 is 13.5 Å². The predicted molar refractivity (Wildman–Crippen MR) is 151 cm³/mol. The average molecular weight is 651 g/mol. The van der Waals surface area contributed by atoms with Gasteiger partial charge in [0.25, 0.3) is 6.43 Å². The molecule has 12 nitrogen and oxygen atoms in total. The van der Waals surface area contributed by atoms with Crippen molar-refractivity contribution in [2.45, 2.75) is 6.43 Å². The van der Waals surface area contributed by atoms with Crippen LogP contribution in [0, 0.1) is 11.3 Å². The van der Waals surface area contributed by atoms with Gasteiger partial charge in [-0.25, -0.2) is 34.7 Å². The smallest absolute Gasteiger partial charge is 0.295 e. The molecule has 4 aromatic rings. The molecule has 0 spiro atoms. The third kappa shape index (κ3) is 5.67. The monoisotopic (exact) mass is 651 g/mol. The Labute approximate surface area is 230 Å². The summed E-state index contributed by atoms with van der Waals surface area (Å²) in [5.41, 5.74) is 8.07. The molecule has 4 rings (SSSR count). The molecule has 0 amide bonds. The number of alkyl halides is 2. The van der Waals surface area contributed by atoms with Gasteiger partial charge in [0, 0.05) is 13.1 Å². The second kappa shape index (κ2) is 11.7. The molecule has 16 heteroatoms. The number of fused-ring (bicyclic) bond motifs is 1. The van der Waals surface area contributed by atoms with E-state index < -0.39 is 12.2 Å². The van der Waals surface area contributed by atoms with E-state index in [4.69, 9.17) is 16.3 Å². The molecule has 0 fully saturated rings. The second-order valence-electron chi connectivity index (χ2n) is 7.63. The zero-order chi connectivity index (χ0) is 27.4. The van der Waals surface area contributed by atoms with Crippen LogP contribution in [0.3, 0.4) is 0 Å². The first-order valence-electron chi connectivity index (χ1n) is 10.7. The highest BCUT2D eigenvalue weighted by Crippen LogP contribution is 2.40. The zero-order valence-electron chi connectivity index (χ0n) is 19.9. The SMILES string of the molecule is COc1c(Nc2cc(Nc3cccc(C#N)n3)nc3c2nc(C(F)F)n3PI)cccc1/C(N)=N/N(C)N.